The van der Waals surface area contributed by atoms with Gasteiger partial charge in [-0.3, -0.25) is 14.4 Å². The highest BCUT2D eigenvalue weighted by molar-refractivity contribution is 5.80. The number of alkyl halides is 3. The Hall–Kier alpha value is -4.08. The molecule has 2 aromatic heterocycles. The zero-order valence-electron chi connectivity index (χ0n) is 19.1. The third-order valence-corrected chi connectivity index (χ3v) is 5.80. The number of amides is 1. The van der Waals surface area contributed by atoms with Gasteiger partial charge in [0, 0.05) is 30.9 Å². The smallest absolute Gasteiger partial charge is 0.352 e. The van der Waals surface area contributed by atoms with Crippen molar-refractivity contribution in [3.8, 4) is 5.69 Å². The molecule has 0 aliphatic carbocycles. The van der Waals surface area contributed by atoms with Gasteiger partial charge in [0.15, 0.2) is 0 Å². The van der Waals surface area contributed by atoms with Crippen molar-refractivity contribution >= 4 is 16.9 Å². The molecule has 0 saturated carbocycles. The predicted octanol–water partition coefficient (Wildman–Crippen LogP) is 3.82. The molecule has 2 aromatic carbocycles. The van der Waals surface area contributed by atoms with Gasteiger partial charge in [0.1, 0.15) is 0 Å². The van der Waals surface area contributed by atoms with E-state index in [2.05, 4.69) is 10.3 Å². The summed E-state index contributed by atoms with van der Waals surface area (Å²) >= 11 is 0. The third kappa shape index (κ3) is 4.91. The third-order valence-electron chi connectivity index (χ3n) is 5.80. The number of carbonyl (C=O) groups is 1. The quantitative estimate of drug-likeness (QED) is 0.408. The Morgan fingerprint density at radius 1 is 1.00 bits per heavy atom. The molecule has 0 fully saturated rings. The van der Waals surface area contributed by atoms with Crippen LogP contribution in [-0.2, 0) is 24.1 Å². The van der Waals surface area contributed by atoms with E-state index in [1.54, 1.807) is 26.0 Å². The van der Waals surface area contributed by atoms with Crippen molar-refractivity contribution in [3.63, 3.8) is 0 Å². The van der Waals surface area contributed by atoms with E-state index >= 15 is 0 Å². The van der Waals surface area contributed by atoms with E-state index in [0.717, 1.165) is 16.2 Å². The Balaban J connectivity index is 1.75. The highest BCUT2D eigenvalue weighted by Gasteiger charge is 2.35. The van der Waals surface area contributed by atoms with E-state index in [-0.39, 0.29) is 42.1 Å². The first-order valence-electron chi connectivity index (χ1n) is 10.9. The Labute approximate surface area is 197 Å². The zero-order valence-corrected chi connectivity index (χ0v) is 19.1. The van der Waals surface area contributed by atoms with Gasteiger partial charge < -0.3 is 19.4 Å². The summed E-state index contributed by atoms with van der Waals surface area (Å²) in [7, 11) is 0. The second kappa shape index (κ2) is 9.28. The molecule has 35 heavy (non-hydrogen) atoms. The number of benzene rings is 2. The van der Waals surface area contributed by atoms with E-state index in [1.165, 1.54) is 10.6 Å². The number of hydrogen-bond donors (Lipinski definition) is 2. The summed E-state index contributed by atoms with van der Waals surface area (Å²) < 4.78 is 44.4. The fourth-order valence-electron chi connectivity index (χ4n) is 4.09. The molecule has 182 valence electrons. The van der Waals surface area contributed by atoms with E-state index < -0.39 is 22.9 Å². The number of H-pyrrole nitrogens is 1. The van der Waals surface area contributed by atoms with Crippen LogP contribution in [0.5, 0.6) is 0 Å². The summed E-state index contributed by atoms with van der Waals surface area (Å²) in [5.74, 6) is -0.363. The fourth-order valence-corrected chi connectivity index (χ4v) is 4.09. The SMILES string of the molecule is Cc1ccc(C)n1-c1cc2c(cc1C(F)(F)F)[nH]c(=O)c(=O)n2CCC(=O)NCc1ccccc1. The van der Waals surface area contributed by atoms with Gasteiger partial charge in [0.05, 0.1) is 22.3 Å². The zero-order chi connectivity index (χ0) is 25.3. The van der Waals surface area contributed by atoms with Crippen molar-refractivity contribution in [2.24, 2.45) is 0 Å². The standard InChI is InChI=1S/C25H23F3N4O3/c1-15-8-9-16(2)32(15)20-13-21-19(12-18(20)25(26,27)28)30-23(34)24(35)31(21)11-10-22(33)29-14-17-6-4-3-5-7-17/h3-9,12-13H,10-11,14H2,1-2H3,(H,29,33)(H,30,34). The molecule has 0 atom stereocenters. The molecule has 0 radical (unpaired) electrons. The van der Waals surface area contributed by atoms with Crippen LogP contribution >= 0.6 is 0 Å². The maximum absolute atomic E-state index is 14.0. The van der Waals surface area contributed by atoms with Crippen LogP contribution in [0.25, 0.3) is 16.7 Å². The van der Waals surface area contributed by atoms with Crippen molar-refractivity contribution in [3.05, 3.63) is 97.8 Å². The van der Waals surface area contributed by atoms with Gasteiger partial charge in [-0.1, -0.05) is 30.3 Å². The first-order chi connectivity index (χ1) is 16.6. The summed E-state index contributed by atoms with van der Waals surface area (Å²) in [5.41, 5.74) is -1.12. The van der Waals surface area contributed by atoms with Gasteiger partial charge in [-0.15, -0.1) is 0 Å². The van der Waals surface area contributed by atoms with Crippen LogP contribution < -0.4 is 16.4 Å². The number of aromatic nitrogens is 3. The first-order valence-corrected chi connectivity index (χ1v) is 10.9. The maximum atomic E-state index is 14.0. The minimum atomic E-state index is -4.71. The Morgan fingerprint density at radius 3 is 2.29 bits per heavy atom. The number of nitrogens with one attached hydrogen (secondary N) is 2. The Morgan fingerprint density at radius 2 is 1.66 bits per heavy atom. The van der Waals surface area contributed by atoms with Gasteiger partial charge in [-0.25, -0.2) is 0 Å². The highest BCUT2D eigenvalue weighted by atomic mass is 19.4. The molecule has 0 spiro atoms. The summed E-state index contributed by atoms with van der Waals surface area (Å²) in [5, 5.41) is 2.74. The number of hydrogen-bond acceptors (Lipinski definition) is 3. The van der Waals surface area contributed by atoms with Crippen LogP contribution in [0.1, 0.15) is 28.9 Å². The summed E-state index contributed by atoms with van der Waals surface area (Å²) in [4.78, 5) is 39.5. The number of halogens is 3. The molecule has 1 amide bonds. The number of rotatable bonds is 6. The van der Waals surface area contributed by atoms with Crippen molar-refractivity contribution in [2.75, 3.05) is 0 Å². The largest absolute Gasteiger partial charge is 0.418 e. The molecular weight excluding hydrogens is 461 g/mol. The number of fused-ring (bicyclic) bond motifs is 1. The number of aryl methyl sites for hydroxylation is 3. The van der Waals surface area contributed by atoms with Crippen LogP contribution in [0, 0.1) is 13.8 Å². The van der Waals surface area contributed by atoms with Gasteiger partial charge in [-0.2, -0.15) is 13.2 Å². The van der Waals surface area contributed by atoms with Crippen LogP contribution in [0.2, 0.25) is 0 Å². The van der Waals surface area contributed by atoms with Crippen molar-refractivity contribution in [2.45, 2.75) is 39.5 Å². The van der Waals surface area contributed by atoms with Gasteiger partial charge in [-0.05, 0) is 43.7 Å². The highest BCUT2D eigenvalue weighted by Crippen LogP contribution is 2.37. The van der Waals surface area contributed by atoms with Crippen molar-refractivity contribution < 1.29 is 18.0 Å². The van der Waals surface area contributed by atoms with E-state index in [9.17, 15) is 27.6 Å². The lowest BCUT2D eigenvalue weighted by Crippen LogP contribution is -2.37. The normalized spacial score (nSPS) is 11.7. The number of carbonyl (C=O) groups excluding carboxylic acids is 1. The lowest BCUT2D eigenvalue weighted by Gasteiger charge is -2.19. The molecule has 2 heterocycles. The molecule has 0 aliphatic rings. The number of aromatic amines is 1. The fraction of sp³-hybridized carbons (Fsp3) is 0.240. The van der Waals surface area contributed by atoms with Gasteiger partial charge in [0.2, 0.25) is 5.91 Å². The minimum absolute atomic E-state index is 0.0981. The van der Waals surface area contributed by atoms with Gasteiger partial charge >= 0.3 is 17.3 Å². The summed E-state index contributed by atoms with van der Waals surface area (Å²) in [6, 6.07) is 14.7. The van der Waals surface area contributed by atoms with Crippen molar-refractivity contribution in [1.82, 2.24) is 19.4 Å². The molecular formula is C25H23F3N4O3. The molecule has 0 bridgehead atoms. The minimum Gasteiger partial charge on any atom is -0.352 e. The van der Waals surface area contributed by atoms with Crippen LogP contribution in [0.15, 0.2) is 64.2 Å². The topological polar surface area (TPSA) is 88.9 Å². The predicted molar refractivity (Wildman–Crippen MR) is 126 cm³/mol. The van der Waals surface area contributed by atoms with Crippen LogP contribution in [0.3, 0.4) is 0 Å². The molecule has 10 heteroatoms. The van der Waals surface area contributed by atoms with E-state index in [4.69, 9.17) is 0 Å². The number of nitrogens with zero attached hydrogens (tertiary/aromatic N) is 2. The summed E-state index contributed by atoms with van der Waals surface area (Å²) in [6.07, 6.45) is -4.84. The molecule has 4 aromatic rings. The molecule has 7 nitrogen and oxygen atoms in total. The van der Waals surface area contributed by atoms with Crippen molar-refractivity contribution in [1.29, 1.82) is 0 Å². The maximum Gasteiger partial charge on any atom is 0.418 e. The Kier molecular flexibility index (Phi) is 6.38. The summed E-state index contributed by atoms with van der Waals surface area (Å²) in [6.45, 7) is 3.47. The molecule has 2 N–H and O–H groups in total. The second-order valence-electron chi connectivity index (χ2n) is 8.26. The lowest BCUT2D eigenvalue weighted by molar-refractivity contribution is -0.137. The molecule has 0 aliphatic heterocycles. The average Bonchev–Trinajstić information content (AvgIpc) is 3.15. The Bertz CT molecular complexity index is 1500. The van der Waals surface area contributed by atoms with E-state index in [0.29, 0.717) is 11.4 Å². The van der Waals surface area contributed by atoms with Crippen LogP contribution in [0.4, 0.5) is 13.2 Å². The lowest BCUT2D eigenvalue weighted by atomic mass is 10.1. The molecule has 4 rings (SSSR count). The first kappa shape index (κ1) is 24.1. The van der Waals surface area contributed by atoms with Crippen LogP contribution in [-0.4, -0.2) is 20.0 Å². The molecule has 0 saturated heterocycles. The van der Waals surface area contributed by atoms with Gasteiger partial charge in [0.25, 0.3) is 0 Å². The molecule has 0 unspecified atom stereocenters. The second-order valence-corrected chi connectivity index (χ2v) is 8.26. The average molecular weight is 484 g/mol. The van der Waals surface area contributed by atoms with E-state index in [1.807, 2.05) is 30.3 Å². The monoisotopic (exact) mass is 484 g/mol.